The van der Waals surface area contributed by atoms with Crippen LogP contribution in [0.5, 0.6) is 0 Å². The van der Waals surface area contributed by atoms with Gasteiger partial charge in [0, 0.05) is 11.0 Å². The van der Waals surface area contributed by atoms with Gasteiger partial charge < -0.3 is 5.11 Å². The highest BCUT2D eigenvalue weighted by atomic mass is 16.3. The van der Waals surface area contributed by atoms with Crippen molar-refractivity contribution in [3.8, 4) is 0 Å². The number of rotatable bonds is 1. The number of azide groups is 1. The summed E-state index contributed by atoms with van der Waals surface area (Å²) >= 11 is 0. The SMILES string of the molecule is CC12CCC3C(CCC4CC(N=[N+]=[N-])CCC43C)C1CCC2O. The maximum atomic E-state index is 10.5. The number of hydrogen-bond donors (Lipinski definition) is 1. The lowest BCUT2D eigenvalue weighted by molar-refractivity contribution is -0.122. The van der Waals surface area contributed by atoms with E-state index in [1.807, 2.05) is 0 Å². The second-order valence-electron chi connectivity index (χ2n) is 9.43. The summed E-state index contributed by atoms with van der Waals surface area (Å²) < 4.78 is 0. The molecule has 0 aliphatic heterocycles. The molecule has 4 fully saturated rings. The van der Waals surface area contributed by atoms with Gasteiger partial charge in [-0.25, -0.2) is 0 Å². The molecule has 0 heterocycles. The zero-order valence-corrected chi connectivity index (χ0v) is 14.6. The van der Waals surface area contributed by atoms with Gasteiger partial charge in [0.2, 0.25) is 0 Å². The first-order chi connectivity index (χ1) is 11.0. The molecule has 0 saturated heterocycles. The normalized spacial score (nSPS) is 55.3. The van der Waals surface area contributed by atoms with E-state index in [9.17, 15) is 5.11 Å². The van der Waals surface area contributed by atoms with Crippen LogP contribution in [0, 0.1) is 34.5 Å². The van der Waals surface area contributed by atoms with Gasteiger partial charge in [-0.1, -0.05) is 19.0 Å². The summed E-state index contributed by atoms with van der Waals surface area (Å²) in [6.45, 7) is 4.90. The maximum Gasteiger partial charge on any atom is 0.0596 e. The molecule has 4 aliphatic rings. The van der Waals surface area contributed by atoms with Crippen LogP contribution in [0.4, 0.5) is 0 Å². The van der Waals surface area contributed by atoms with Gasteiger partial charge in [-0.3, -0.25) is 0 Å². The van der Waals surface area contributed by atoms with E-state index < -0.39 is 0 Å². The Morgan fingerprint density at radius 2 is 1.70 bits per heavy atom. The van der Waals surface area contributed by atoms with Gasteiger partial charge in [-0.05, 0) is 97.8 Å². The minimum absolute atomic E-state index is 0.0697. The average molecular weight is 317 g/mol. The molecule has 8 unspecified atom stereocenters. The zero-order valence-electron chi connectivity index (χ0n) is 14.6. The van der Waals surface area contributed by atoms with E-state index in [1.165, 1.54) is 38.5 Å². The standard InChI is InChI=1S/C19H31N3O/c1-18-9-7-13(21-22-20)11-12(18)3-4-14-15-5-6-17(23)19(15,2)10-8-16(14)18/h12-17,23H,3-11H2,1-2H3. The molecule has 0 radical (unpaired) electrons. The lowest BCUT2D eigenvalue weighted by Gasteiger charge is -2.60. The third-order valence-electron chi connectivity index (χ3n) is 8.80. The van der Waals surface area contributed by atoms with Crippen LogP contribution in [0.15, 0.2) is 5.11 Å². The quantitative estimate of drug-likeness (QED) is 0.409. The van der Waals surface area contributed by atoms with Crippen LogP contribution in [-0.2, 0) is 0 Å². The first-order valence-electron chi connectivity index (χ1n) is 9.71. The predicted molar refractivity (Wildman–Crippen MR) is 90.7 cm³/mol. The number of aliphatic hydroxyl groups is 1. The Morgan fingerprint density at radius 1 is 0.957 bits per heavy atom. The summed E-state index contributed by atoms with van der Waals surface area (Å²) in [5.41, 5.74) is 9.39. The molecule has 0 bridgehead atoms. The molecule has 4 saturated carbocycles. The van der Waals surface area contributed by atoms with Crippen LogP contribution in [0.2, 0.25) is 0 Å². The van der Waals surface area contributed by atoms with Gasteiger partial charge in [-0.15, -0.1) is 0 Å². The van der Waals surface area contributed by atoms with Crippen molar-refractivity contribution in [2.75, 3.05) is 0 Å². The van der Waals surface area contributed by atoms with Gasteiger partial charge in [-0.2, -0.15) is 0 Å². The first kappa shape index (κ1) is 15.8. The molecule has 0 aromatic heterocycles. The van der Waals surface area contributed by atoms with Crippen molar-refractivity contribution in [1.29, 1.82) is 0 Å². The van der Waals surface area contributed by atoms with E-state index in [1.54, 1.807) is 0 Å². The molecule has 4 rings (SSSR count). The van der Waals surface area contributed by atoms with E-state index in [-0.39, 0.29) is 17.6 Å². The van der Waals surface area contributed by atoms with Crippen LogP contribution in [0.1, 0.15) is 71.6 Å². The van der Waals surface area contributed by atoms with Crippen LogP contribution in [0.25, 0.3) is 10.4 Å². The third-order valence-corrected chi connectivity index (χ3v) is 8.80. The summed E-state index contributed by atoms with van der Waals surface area (Å²) in [5, 5.41) is 14.5. The van der Waals surface area contributed by atoms with Crippen molar-refractivity contribution in [3.05, 3.63) is 10.4 Å². The van der Waals surface area contributed by atoms with Crippen molar-refractivity contribution in [1.82, 2.24) is 0 Å². The summed E-state index contributed by atoms with van der Waals surface area (Å²) in [5.74, 6) is 3.13. The van der Waals surface area contributed by atoms with E-state index in [4.69, 9.17) is 5.53 Å². The number of aliphatic hydroxyl groups excluding tert-OH is 1. The summed E-state index contributed by atoms with van der Waals surface area (Å²) in [7, 11) is 0. The Bertz CT molecular complexity index is 531. The topological polar surface area (TPSA) is 69.0 Å². The molecule has 4 heteroatoms. The summed E-state index contributed by atoms with van der Waals surface area (Å²) in [6.07, 6.45) is 10.7. The second-order valence-corrected chi connectivity index (χ2v) is 9.43. The van der Waals surface area contributed by atoms with Crippen molar-refractivity contribution in [2.45, 2.75) is 83.8 Å². The number of fused-ring (bicyclic) bond motifs is 5. The number of nitrogens with zero attached hydrogens (tertiary/aromatic N) is 3. The molecule has 23 heavy (non-hydrogen) atoms. The Labute approximate surface area is 139 Å². The Kier molecular flexibility index (Phi) is 3.70. The fraction of sp³-hybridized carbons (Fsp3) is 1.00. The van der Waals surface area contributed by atoms with Crippen LogP contribution >= 0.6 is 0 Å². The maximum absolute atomic E-state index is 10.5. The summed E-state index contributed by atoms with van der Waals surface area (Å²) in [4.78, 5) is 3.06. The van der Waals surface area contributed by atoms with Crippen molar-refractivity contribution >= 4 is 0 Å². The molecule has 0 spiro atoms. The molecule has 0 aromatic carbocycles. The van der Waals surface area contributed by atoms with E-state index >= 15 is 0 Å². The summed E-state index contributed by atoms with van der Waals surface area (Å²) in [6, 6.07) is 0.233. The highest BCUT2D eigenvalue weighted by Gasteiger charge is 2.59. The van der Waals surface area contributed by atoms with Crippen molar-refractivity contribution in [3.63, 3.8) is 0 Å². The molecule has 0 amide bonds. The Balaban J connectivity index is 1.58. The fourth-order valence-corrected chi connectivity index (χ4v) is 7.39. The van der Waals surface area contributed by atoms with Gasteiger partial charge >= 0.3 is 0 Å². The molecule has 4 aliphatic carbocycles. The first-order valence-corrected chi connectivity index (χ1v) is 9.71. The van der Waals surface area contributed by atoms with Gasteiger partial charge in [0.15, 0.2) is 0 Å². The highest BCUT2D eigenvalue weighted by molar-refractivity contribution is 5.09. The van der Waals surface area contributed by atoms with E-state index in [0.29, 0.717) is 5.41 Å². The van der Waals surface area contributed by atoms with Crippen LogP contribution < -0.4 is 0 Å². The van der Waals surface area contributed by atoms with Crippen LogP contribution in [0.3, 0.4) is 0 Å². The predicted octanol–water partition coefficient (Wildman–Crippen LogP) is 5.07. The minimum atomic E-state index is -0.0697. The molecule has 1 N–H and O–H groups in total. The van der Waals surface area contributed by atoms with Crippen LogP contribution in [-0.4, -0.2) is 17.3 Å². The fourth-order valence-electron chi connectivity index (χ4n) is 7.39. The van der Waals surface area contributed by atoms with Crippen molar-refractivity contribution < 1.29 is 5.11 Å². The lowest BCUT2D eigenvalue weighted by atomic mass is 9.45. The minimum Gasteiger partial charge on any atom is -0.393 e. The Hall–Kier alpha value is -0.730. The molecule has 128 valence electrons. The van der Waals surface area contributed by atoms with Crippen molar-refractivity contribution in [2.24, 2.45) is 39.6 Å². The molecule has 8 atom stereocenters. The third kappa shape index (κ3) is 2.17. The number of hydrogen-bond acceptors (Lipinski definition) is 2. The van der Waals surface area contributed by atoms with Gasteiger partial charge in [0.05, 0.1) is 6.10 Å². The van der Waals surface area contributed by atoms with Gasteiger partial charge in [0.25, 0.3) is 0 Å². The smallest absolute Gasteiger partial charge is 0.0596 e. The molecule has 0 aromatic rings. The van der Waals surface area contributed by atoms with Gasteiger partial charge in [0.1, 0.15) is 0 Å². The zero-order chi connectivity index (χ0) is 16.2. The molecular formula is C19H31N3O. The average Bonchev–Trinajstić information content (AvgIpc) is 2.84. The largest absolute Gasteiger partial charge is 0.393 e. The Morgan fingerprint density at radius 3 is 2.48 bits per heavy atom. The molecule has 4 nitrogen and oxygen atoms in total. The monoisotopic (exact) mass is 317 g/mol. The lowest BCUT2D eigenvalue weighted by Crippen LogP contribution is -2.54. The van der Waals surface area contributed by atoms with E-state index in [0.717, 1.165) is 42.9 Å². The highest BCUT2D eigenvalue weighted by Crippen LogP contribution is 2.66. The van der Waals surface area contributed by atoms with E-state index in [2.05, 4.69) is 23.9 Å². The molecular weight excluding hydrogens is 286 g/mol. The second kappa shape index (κ2) is 5.39.